The number of aromatic nitrogens is 2. The molecule has 6 nitrogen and oxygen atoms in total. The van der Waals surface area contributed by atoms with Crippen molar-refractivity contribution in [2.75, 3.05) is 24.5 Å². The fraction of sp³-hybridized carbons (Fsp3) is 0.833. The van der Waals surface area contributed by atoms with Gasteiger partial charge in [0.2, 0.25) is 5.89 Å². The number of nitrogens with zero attached hydrogens (tertiary/aromatic N) is 3. The fourth-order valence-electron chi connectivity index (χ4n) is 2.17. The van der Waals surface area contributed by atoms with E-state index in [0.717, 1.165) is 32.5 Å². The normalized spacial score (nSPS) is 21.5. The Labute approximate surface area is 107 Å². The van der Waals surface area contributed by atoms with E-state index < -0.39 is 0 Å². The van der Waals surface area contributed by atoms with Gasteiger partial charge < -0.3 is 19.7 Å². The summed E-state index contributed by atoms with van der Waals surface area (Å²) in [7, 11) is 0. The summed E-state index contributed by atoms with van der Waals surface area (Å²) < 4.78 is 5.60. The molecule has 2 atom stereocenters. The third-order valence-corrected chi connectivity index (χ3v) is 3.34. The highest BCUT2D eigenvalue weighted by Gasteiger charge is 2.28. The molecule has 1 aromatic heterocycles. The summed E-state index contributed by atoms with van der Waals surface area (Å²) in [4.78, 5) is 2.05. The van der Waals surface area contributed by atoms with Gasteiger partial charge in [0, 0.05) is 19.0 Å². The zero-order chi connectivity index (χ0) is 13.0. The van der Waals surface area contributed by atoms with E-state index >= 15 is 0 Å². The van der Waals surface area contributed by atoms with Crippen LogP contribution in [0.3, 0.4) is 0 Å². The van der Waals surface area contributed by atoms with Gasteiger partial charge in [-0.05, 0) is 26.3 Å². The lowest BCUT2D eigenvalue weighted by Gasteiger charge is -2.14. The van der Waals surface area contributed by atoms with Crippen molar-refractivity contribution in [3.05, 3.63) is 5.89 Å². The van der Waals surface area contributed by atoms with Crippen molar-refractivity contribution < 1.29 is 9.52 Å². The maximum absolute atomic E-state index is 9.56. The summed E-state index contributed by atoms with van der Waals surface area (Å²) in [5, 5.41) is 20.9. The van der Waals surface area contributed by atoms with Crippen LogP contribution < -0.4 is 10.2 Å². The van der Waals surface area contributed by atoms with Gasteiger partial charge >= 0.3 is 6.01 Å². The molecule has 0 radical (unpaired) electrons. The SMILES string of the molecule is CCCNCc1nnc(N2CCC(C(C)O)C2)o1. The number of hydrogen-bond acceptors (Lipinski definition) is 6. The van der Waals surface area contributed by atoms with Crippen molar-refractivity contribution in [2.24, 2.45) is 5.92 Å². The predicted molar refractivity (Wildman–Crippen MR) is 68.3 cm³/mol. The van der Waals surface area contributed by atoms with Crippen LogP contribution in [0.1, 0.15) is 32.6 Å². The minimum atomic E-state index is -0.274. The summed E-state index contributed by atoms with van der Waals surface area (Å²) in [6.45, 7) is 7.19. The minimum absolute atomic E-state index is 0.274. The van der Waals surface area contributed by atoms with Crippen molar-refractivity contribution in [3.63, 3.8) is 0 Å². The highest BCUT2D eigenvalue weighted by Crippen LogP contribution is 2.24. The van der Waals surface area contributed by atoms with Crippen LogP contribution in [-0.2, 0) is 6.54 Å². The fourth-order valence-corrected chi connectivity index (χ4v) is 2.17. The maximum atomic E-state index is 9.56. The lowest BCUT2D eigenvalue weighted by molar-refractivity contribution is 0.136. The first-order chi connectivity index (χ1) is 8.70. The molecule has 1 aliphatic rings. The maximum Gasteiger partial charge on any atom is 0.318 e. The summed E-state index contributed by atoms with van der Waals surface area (Å²) in [5.41, 5.74) is 0. The second-order valence-electron chi connectivity index (χ2n) is 4.89. The van der Waals surface area contributed by atoms with E-state index in [0.29, 0.717) is 24.4 Å². The van der Waals surface area contributed by atoms with Gasteiger partial charge in [0.25, 0.3) is 0 Å². The average Bonchev–Trinajstić information content (AvgIpc) is 2.97. The van der Waals surface area contributed by atoms with Crippen LogP contribution in [0.2, 0.25) is 0 Å². The van der Waals surface area contributed by atoms with Crippen LogP contribution in [-0.4, -0.2) is 41.0 Å². The molecule has 102 valence electrons. The predicted octanol–water partition coefficient (Wildman–Crippen LogP) is 0.776. The largest absolute Gasteiger partial charge is 0.407 e. The van der Waals surface area contributed by atoms with Crippen LogP contribution in [0.25, 0.3) is 0 Å². The first kappa shape index (κ1) is 13.3. The standard InChI is InChI=1S/C12H22N4O2/c1-3-5-13-7-11-14-15-12(18-11)16-6-4-10(8-16)9(2)17/h9-10,13,17H,3-8H2,1-2H3. The monoisotopic (exact) mass is 254 g/mol. The van der Waals surface area contributed by atoms with Crippen molar-refractivity contribution >= 4 is 6.01 Å². The molecular weight excluding hydrogens is 232 g/mol. The van der Waals surface area contributed by atoms with Gasteiger partial charge in [-0.2, -0.15) is 0 Å². The van der Waals surface area contributed by atoms with E-state index in [-0.39, 0.29) is 6.10 Å². The Morgan fingerprint density at radius 1 is 1.56 bits per heavy atom. The van der Waals surface area contributed by atoms with E-state index in [2.05, 4.69) is 22.4 Å². The molecular formula is C12H22N4O2. The molecule has 2 rings (SSSR count). The van der Waals surface area contributed by atoms with Gasteiger partial charge in [0.1, 0.15) is 0 Å². The van der Waals surface area contributed by atoms with Gasteiger partial charge in [0.15, 0.2) is 0 Å². The highest BCUT2D eigenvalue weighted by molar-refractivity contribution is 5.26. The molecule has 0 amide bonds. The lowest BCUT2D eigenvalue weighted by Crippen LogP contribution is -2.24. The lowest BCUT2D eigenvalue weighted by atomic mass is 10.0. The molecule has 1 aliphatic heterocycles. The average molecular weight is 254 g/mol. The summed E-state index contributed by atoms with van der Waals surface area (Å²) in [6, 6.07) is 0.575. The van der Waals surface area contributed by atoms with Gasteiger partial charge in [0.05, 0.1) is 12.6 Å². The Balaban J connectivity index is 1.86. The van der Waals surface area contributed by atoms with Crippen molar-refractivity contribution in [3.8, 4) is 0 Å². The van der Waals surface area contributed by atoms with Gasteiger partial charge in [-0.3, -0.25) is 0 Å². The van der Waals surface area contributed by atoms with Crippen LogP contribution in [0, 0.1) is 5.92 Å². The number of rotatable bonds is 6. The number of anilines is 1. The van der Waals surface area contributed by atoms with Crippen LogP contribution in [0.15, 0.2) is 4.42 Å². The van der Waals surface area contributed by atoms with Gasteiger partial charge in [-0.15, -0.1) is 5.10 Å². The molecule has 0 bridgehead atoms. The quantitative estimate of drug-likeness (QED) is 0.731. The molecule has 1 saturated heterocycles. The highest BCUT2D eigenvalue weighted by atomic mass is 16.4. The Morgan fingerprint density at radius 3 is 3.06 bits per heavy atom. The van der Waals surface area contributed by atoms with Crippen LogP contribution in [0.4, 0.5) is 6.01 Å². The summed E-state index contributed by atoms with van der Waals surface area (Å²) >= 11 is 0. The van der Waals surface area contributed by atoms with E-state index in [9.17, 15) is 5.11 Å². The molecule has 2 unspecified atom stereocenters. The molecule has 0 saturated carbocycles. The van der Waals surface area contributed by atoms with E-state index in [1.165, 1.54) is 0 Å². The molecule has 0 spiro atoms. The Hall–Kier alpha value is -1.14. The number of nitrogens with one attached hydrogen (secondary N) is 1. The molecule has 2 heterocycles. The topological polar surface area (TPSA) is 74.4 Å². The molecule has 1 aromatic rings. The van der Waals surface area contributed by atoms with E-state index in [1.54, 1.807) is 0 Å². The first-order valence-corrected chi connectivity index (χ1v) is 6.66. The van der Waals surface area contributed by atoms with Crippen molar-refractivity contribution in [1.82, 2.24) is 15.5 Å². The molecule has 6 heteroatoms. The van der Waals surface area contributed by atoms with E-state index in [1.807, 2.05) is 11.8 Å². The molecule has 0 aromatic carbocycles. The van der Waals surface area contributed by atoms with Gasteiger partial charge in [-0.1, -0.05) is 12.0 Å². The van der Waals surface area contributed by atoms with E-state index in [4.69, 9.17) is 4.42 Å². The second-order valence-corrected chi connectivity index (χ2v) is 4.89. The Morgan fingerprint density at radius 2 is 2.39 bits per heavy atom. The number of aliphatic hydroxyl groups is 1. The summed E-state index contributed by atoms with van der Waals surface area (Å²) in [6.07, 6.45) is 1.79. The Kier molecular flexibility index (Phi) is 4.54. The molecule has 1 fully saturated rings. The Bertz CT molecular complexity index is 367. The van der Waals surface area contributed by atoms with Crippen molar-refractivity contribution in [1.29, 1.82) is 0 Å². The number of aliphatic hydroxyl groups excluding tert-OH is 1. The molecule has 0 aliphatic carbocycles. The zero-order valence-corrected chi connectivity index (χ0v) is 11.1. The summed E-state index contributed by atoms with van der Waals surface area (Å²) in [5.74, 6) is 0.928. The van der Waals surface area contributed by atoms with Crippen LogP contribution >= 0.6 is 0 Å². The third kappa shape index (κ3) is 3.20. The van der Waals surface area contributed by atoms with Gasteiger partial charge in [-0.25, -0.2) is 0 Å². The molecule has 2 N–H and O–H groups in total. The number of hydrogen-bond donors (Lipinski definition) is 2. The first-order valence-electron chi connectivity index (χ1n) is 6.66. The smallest absolute Gasteiger partial charge is 0.318 e. The second kappa shape index (κ2) is 6.15. The van der Waals surface area contributed by atoms with Crippen LogP contribution in [0.5, 0.6) is 0 Å². The zero-order valence-electron chi connectivity index (χ0n) is 11.1. The third-order valence-electron chi connectivity index (χ3n) is 3.34. The van der Waals surface area contributed by atoms with Crippen molar-refractivity contribution in [2.45, 2.75) is 39.3 Å². The molecule has 18 heavy (non-hydrogen) atoms. The minimum Gasteiger partial charge on any atom is -0.407 e.